The van der Waals surface area contributed by atoms with Crippen molar-refractivity contribution in [1.29, 1.82) is 0 Å². The van der Waals surface area contributed by atoms with Crippen LogP contribution >= 0.6 is 0 Å². The van der Waals surface area contributed by atoms with E-state index in [0.717, 1.165) is 11.3 Å². The second-order valence-corrected chi connectivity index (χ2v) is 4.90. The van der Waals surface area contributed by atoms with Crippen LogP contribution in [-0.4, -0.2) is 23.9 Å². The van der Waals surface area contributed by atoms with E-state index in [1.165, 1.54) is 0 Å². The standard InChI is InChI=1S/C18H18N2O4/c1-3-22-15-9-4-5-10-16(15)23-12-17-19-20-18(24-17)13-7-6-8-14(11-13)21-2/h4-11H,3,12H2,1-2H3. The molecule has 1 aromatic heterocycles. The number of methoxy groups -OCH3 is 1. The average Bonchev–Trinajstić information content (AvgIpc) is 3.10. The molecule has 0 fully saturated rings. The first-order chi connectivity index (χ1) is 11.8. The third-order valence-corrected chi connectivity index (χ3v) is 3.28. The van der Waals surface area contributed by atoms with Gasteiger partial charge >= 0.3 is 0 Å². The van der Waals surface area contributed by atoms with Crippen LogP contribution in [0.15, 0.2) is 52.9 Å². The maximum atomic E-state index is 5.72. The Morgan fingerprint density at radius 2 is 1.75 bits per heavy atom. The van der Waals surface area contributed by atoms with E-state index in [1.54, 1.807) is 7.11 Å². The summed E-state index contributed by atoms with van der Waals surface area (Å²) in [7, 11) is 1.61. The van der Waals surface area contributed by atoms with Crippen molar-refractivity contribution in [1.82, 2.24) is 10.2 Å². The highest BCUT2D eigenvalue weighted by Gasteiger charge is 2.11. The van der Waals surface area contributed by atoms with Gasteiger partial charge in [-0.2, -0.15) is 0 Å². The molecule has 24 heavy (non-hydrogen) atoms. The summed E-state index contributed by atoms with van der Waals surface area (Å²) in [6.07, 6.45) is 0. The Kier molecular flexibility index (Phi) is 4.96. The molecule has 0 bridgehead atoms. The van der Waals surface area contributed by atoms with Gasteiger partial charge in [-0.1, -0.05) is 18.2 Å². The molecule has 124 valence electrons. The van der Waals surface area contributed by atoms with Crippen LogP contribution in [0.3, 0.4) is 0 Å². The predicted octanol–water partition coefficient (Wildman–Crippen LogP) is 3.72. The molecule has 3 aromatic rings. The molecule has 0 spiro atoms. The molecule has 0 N–H and O–H groups in total. The van der Waals surface area contributed by atoms with Gasteiger partial charge in [0.05, 0.1) is 13.7 Å². The van der Waals surface area contributed by atoms with Crippen LogP contribution in [0.2, 0.25) is 0 Å². The second-order valence-electron chi connectivity index (χ2n) is 4.90. The number of para-hydroxylation sites is 2. The molecule has 0 aliphatic heterocycles. The number of hydrogen-bond acceptors (Lipinski definition) is 6. The molecular formula is C18H18N2O4. The summed E-state index contributed by atoms with van der Waals surface area (Å²) in [5, 5.41) is 8.06. The zero-order valence-corrected chi connectivity index (χ0v) is 13.6. The minimum Gasteiger partial charge on any atom is -0.497 e. The molecule has 0 unspecified atom stereocenters. The van der Waals surface area contributed by atoms with Crippen molar-refractivity contribution in [2.75, 3.05) is 13.7 Å². The molecular weight excluding hydrogens is 308 g/mol. The zero-order chi connectivity index (χ0) is 16.8. The lowest BCUT2D eigenvalue weighted by Crippen LogP contribution is -1.99. The Hall–Kier alpha value is -3.02. The summed E-state index contributed by atoms with van der Waals surface area (Å²) < 4.78 is 22.1. The number of ether oxygens (including phenoxy) is 3. The van der Waals surface area contributed by atoms with Crippen molar-refractivity contribution in [3.05, 3.63) is 54.4 Å². The van der Waals surface area contributed by atoms with Gasteiger partial charge in [0.15, 0.2) is 18.1 Å². The Labute approximate surface area is 140 Å². The molecule has 0 radical (unpaired) electrons. The van der Waals surface area contributed by atoms with Gasteiger partial charge in [0.1, 0.15) is 5.75 Å². The predicted molar refractivity (Wildman–Crippen MR) is 88.2 cm³/mol. The fourth-order valence-corrected chi connectivity index (χ4v) is 2.17. The van der Waals surface area contributed by atoms with Crippen molar-refractivity contribution in [3.8, 4) is 28.7 Å². The van der Waals surface area contributed by atoms with Gasteiger partial charge in [-0.05, 0) is 37.3 Å². The van der Waals surface area contributed by atoms with Crippen LogP contribution in [0.1, 0.15) is 12.8 Å². The van der Waals surface area contributed by atoms with E-state index < -0.39 is 0 Å². The van der Waals surface area contributed by atoms with Crippen molar-refractivity contribution in [2.24, 2.45) is 0 Å². The van der Waals surface area contributed by atoms with Crippen molar-refractivity contribution < 1.29 is 18.6 Å². The lowest BCUT2D eigenvalue weighted by Gasteiger charge is -2.09. The van der Waals surface area contributed by atoms with Crippen LogP contribution in [0.4, 0.5) is 0 Å². The van der Waals surface area contributed by atoms with E-state index in [1.807, 2.05) is 55.5 Å². The second kappa shape index (κ2) is 7.50. The van der Waals surface area contributed by atoms with Gasteiger partial charge in [-0.15, -0.1) is 10.2 Å². The lowest BCUT2D eigenvalue weighted by molar-refractivity contribution is 0.243. The minimum atomic E-state index is 0.168. The maximum absolute atomic E-state index is 5.72. The van der Waals surface area contributed by atoms with Crippen LogP contribution in [0.5, 0.6) is 17.2 Å². The number of rotatable bonds is 7. The molecule has 1 heterocycles. The van der Waals surface area contributed by atoms with Gasteiger partial charge in [0.25, 0.3) is 5.89 Å². The molecule has 0 amide bonds. The van der Waals surface area contributed by atoms with Crippen LogP contribution < -0.4 is 14.2 Å². The molecule has 0 atom stereocenters. The van der Waals surface area contributed by atoms with Gasteiger partial charge < -0.3 is 18.6 Å². The lowest BCUT2D eigenvalue weighted by atomic mass is 10.2. The first-order valence-electron chi connectivity index (χ1n) is 7.61. The van der Waals surface area contributed by atoms with Crippen LogP contribution in [0, 0.1) is 0 Å². The fourth-order valence-electron chi connectivity index (χ4n) is 2.17. The number of aromatic nitrogens is 2. The van der Waals surface area contributed by atoms with Crippen LogP contribution in [-0.2, 0) is 6.61 Å². The monoisotopic (exact) mass is 326 g/mol. The van der Waals surface area contributed by atoms with Gasteiger partial charge in [0, 0.05) is 5.56 Å². The molecule has 0 saturated carbocycles. The summed E-state index contributed by atoms with van der Waals surface area (Å²) in [5.41, 5.74) is 0.794. The molecule has 2 aromatic carbocycles. The van der Waals surface area contributed by atoms with Gasteiger partial charge in [0.2, 0.25) is 5.89 Å². The smallest absolute Gasteiger partial charge is 0.254 e. The highest BCUT2D eigenvalue weighted by atomic mass is 16.5. The maximum Gasteiger partial charge on any atom is 0.254 e. The van der Waals surface area contributed by atoms with Gasteiger partial charge in [-0.3, -0.25) is 0 Å². The van der Waals surface area contributed by atoms with E-state index in [4.69, 9.17) is 18.6 Å². The highest BCUT2D eigenvalue weighted by Crippen LogP contribution is 2.28. The summed E-state index contributed by atoms with van der Waals surface area (Å²) in [4.78, 5) is 0. The normalized spacial score (nSPS) is 10.4. The number of benzene rings is 2. The Morgan fingerprint density at radius 3 is 2.50 bits per heavy atom. The first kappa shape index (κ1) is 15.9. The minimum absolute atomic E-state index is 0.168. The molecule has 0 aliphatic carbocycles. The topological polar surface area (TPSA) is 66.6 Å². The average molecular weight is 326 g/mol. The molecule has 3 rings (SSSR count). The molecule has 0 saturated heterocycles. The molecule has 6 heteroatoms. The van der Waals surface area contributed by atoms with Crippen LogP contribution in [0.25, 0.3) is 11.5 Å². The number of hydrogen-bond donors (Lipinski definition) is 0. The quantitative estimate of drug-likeness (QED) is 0.659. The third kappa shape index (κ3) is 3.65. The van der Waals surface area contributed by atoms with Gasteiger partial charge in [-0.25, -0.2) is 0 Å². The summed E-state index contributed by atoms with van der Waals surface area (Å²) >= 11 is 0. The van der Waals surface area contributed by atoms with E-state index >= 15 is 0 Å². The van der Waals surface area contributed by atoms with E-state index in [9.17, 15) is 0 Å². The highest BCUT2D eigenvalue weighted by molar-refractivity contribution is 5.55. The Bertz CT molecular complexity index is 801. The van der Waals surface area contributed by atoms with E-state index in [0.29, 0.717) is 29.9 Å². The third-order valence-electron chi connectivity index (χ3n) is 3.28. The first-order valence-corrected chi connectivity index (χ1v) is 7.61. The van der Waals surface area contributed by atoms with Crippen molar-refractivity contribution >= 4 is 0 Å². The zero-order valence-electron chi connectivity index (χ0n) is 13.6. The largest absolute Gasteiger partial charge is 0.497 e. The summed E-state index contributed by atoms with van der Waals surface area (Å²) in [6, 6.07) is 14.9. The Morgan fingerprint density at radius 1 is 0.958 bits per heavy atom. The fraction of sp³-hybridized carbons (Fsp3) is 0.222. The summed E-state index contributed by atoms with van der Waals surface area (Å²) in [5.74, 6) is 2.87. The van der Waals surface area contributed by atoms with Crippen molar-refractivity contribution in [3.63, 3.8) is 0 Å². The van der Waals surface area contributed by atoms with E-state index in [2.05, 4.69) is 10.2 Å². The molecule has 0 aliphatic rings. The van der Waals surface area contributed by atoms with E-state index in [-0.39, 0.29) is 6.61 Å². The van der Waals surface area contributed by atoms with Crippen molar-refractivity contribution in [2.45, 2.75) is 13.5 Å². The Balaban J connectivity index is 1.70. The molecule has 6 nitrogen and oxygen atoms in total. The SMILES string of the molecule is CCOc1ccccc1OCc1nnc(-c2cccc(OC)c2)o1. The number of nitrogens with zero attached hydrogens (tertiary/aromatic N) is 2. The summed E-state index contributed by atoms with van der Waals surface area (Å²) in [6.45, 7) is 2.66.